The molecule has 1 heterocycles. The van der Waals surface area contributed by atoms with Crippen molar-refractivity contribution < 1.29 is 29.7 Å². The third kappa shape index (κ3) is 12.3. The van der Waals surface area contributed by atoms with Crippen LogP contribution in [-0.2, 0) is 14.4 Å². The number of carbonyl (C=O) groups excluding carboxylic acids is 1. The van der Waals surface area contributed by atoms with E-state index >= 15 is 0 Å². The topological polar surface area (TPSA) is 127 Å². The summed E-state index contributed by atoms with van der Waals surface area (Å²) >= 11 is 0. The molecule has 0 aromatic carbocycles. The lowest BCUT2D eigenvalue weighted by atomic mass is 10.1. The van der Waals surface area contributed by atoms with Crippen LogP contribution in [0.1, 0.15) is 33.6 Å². The van der Waals surface area contributed by atoms with Gasteiger partial charge in [0.1, 0.15) is 0 Å². The van der Waals surface area contributed by atoms with Crippen molar-refractivity contribution in [1.29, 1.82) is 0 Å². The molecule has 8 heteroatoms. The van der Waals surface area contributed by atoms with Crippen LogP contribution in [0.4, 0.5) is 0 Å². The molecule has 4 N–H and O–H groups in total. The first-order chi connectivity index (χ1) is 10.5. The predicted octanol–water partition coefficient (Wildman–Crippen LogP) is 0.0696. The molecule has 1 aliphatic rings. The first-order valence-electron chi connectivity index (χ1n) is 7.36. The van der Waals surface area contributed by atoms with Crippen LogP contribution >= 0.6 is 0 Å². The van der Waals surface area contributed by atoms with Gasteiger partial charge in [0, 0.05) is 43.7 Å². The number of amides is 1. The summed E-state index contributed by atoms with van der Waals surface area (Å²) in [6.45, 7) is 7.96. The molecule has 1 fully saturated rings. The van der Waals surface area contributed by atoms with Crippen molar-refractivity contribution in [1.82, 2.24) is 10.2 Å². The van der Waals surface area contributed by atoms with Gasteiger partial charge < -0.3 is 25.5 Å². The van der Waals surface area contributed by atoms with Crippen LogP contribution in [0, 0.1) is 0 Å². The summed E-state index contributed by atoms with van der Waals surface area (Å²) in [7, 11) is 0. The molecule has 1 amide bonds. The highest BCUT2D eigenvalue weighted by Gasteiger charge is 2.23. The van der Waals surface area contributed by atoms with Crippen molar-refractivity contribution in [2.24, 2.45) is 0 Å². The van der Waals surface area contributed by atoms with Crippen molar-refractivity contribution in [3.63, 3.8) is 0 Å². The SMILES string of the molecule is CC(C)(C)NCC(O)CN1CCCC1=O.O=C(O)/C=C/C(=O)O. The minimum atomic E-state index is -1.26. The second kappa shape index (κ2) is 9.96. The summed E-state index contributed by atoms with van der Waals surface area (Å²) in [6.07, 6.45) is 2.22. The summed E-state index contributed by atoms with van der Waals surface area (Å²) in [6, 6.07) is 0. The number of nitrogens with one attached hydrogen (secondary N) is 1. The van der Waals surface area contributed by atoms with Crippen LogP contribution in [-0.4, -0.2) is 69.3 Å². The Bertz CT molecular complexity index is 426. The van der Waals surface area contributed by atoms with Gasteiger partial charge >= 0.3 is 11.9 Å². The highest BCUT2D eigenvalue weighted by atomic mass is 16.4. The van der Waals surface area contributed by atoms with Crippen molar-refractivity contribution in [3.05, 3.63) is 12.2 Å². The molecule has 0 bridgehead atoms. The van der Waals surface area contributed by atoms with Crippen molar-refractivity contribution in [2.45, 2.75) is 45.3 Å². The number of carboxylic acids is 2. The van der Waals surface area contributed by atoms with Crippen LogP contribution in [0.25, 0.3) is 0 Å². The summed E-state index contributed by atoms with van der Waals surface area (Å²) in [5, 5.41) is 28.6. The number of β-amino-alcohol motifs (C(OH)–C–C–N with tert-alkyl or cyclic N) is 1. The number of aliphatic hydroxyl groups excluding tert-OH is 1. The predicted molar refractivity (Wildman–Crippen MR) is 84.0 cm³/mol. The fourth-order valence-corrected chi connectivity index (χ4v) is 1.78. The molecule has 0 aromatic heterocycles. The van der Waals surface area contributed by atoms with Crippen molar-refractivity contribution in [3.8, 4) is 0 Å². The molecule has 0 spiro atoms. The van der Waals surface area contributed by atoms with E-state index in [1.54, 1.807) is 4.90 Å². The van der Waals surface area contributed by atoms with E-state index < -0.39 is 18.0 Å². The third-order valence-electron chi connectivity index (χ3n) is 2.84. The molecule has 1 rings (SSSR count). The number of carboxylic acid groups (broad SMARTS) is 2. The van der Waals surface area contributed by atoms with Crippen molar-refractivity contribution >= 4 is 17.8 Å². The van der Waals surface area contributed by atoms with Gasteiger partial charge in [0.25, 0.3) is 0 Å². The van der Waals surface area contributed by atoms with E-state index in [0.29, 0.717) is 31.7 Å². The maximum atomic E-state index is 11.3. The maximum absolute atomic E-state index is 11.3. The number of nitrogens with zero attached hydrogens (tertiary/aromatic N) is 1. The molecule has 23 heavy (non-hydrogen) atoms. The lowest BCUT2D eigenvalue weighted by molar-refractivity contribution is -0.134. The van der Waals surface area contributed by atoms with Crippen LogP contribution < -0.4 is 5.32 Å². The Labute approximate surface area is 135 Å². The molecule has 1 saturated heterocycles. The van der Waals surface area contributed by atoms with Gasteiger partial charge in [-0.15, -0.1) is 0 Å². The Balaban J connectivity index is 0.000000515. The van der Waals surface area contributed by atoms with Gasteiger partial charge in [-0.2, -0.15) is 0 Å². The fourth-order valence-electron chi connectivity index (χ4n) is 1.78. The van der Waals surface area contributed by atoms with Crippen LogP contribution in [0.3, 0.4) is 0 Å². The lowest BCUT2D eigenvalue weighted by Gasteiger charge is -2.25. The molecule has 0 radical (unpaired) electrons. The lowest BCUT2D eigenvalue weighted by Crippen LogP contribution is -2.45. The van der Waals surface area contributed by atoms with Gasteiger partial charge in [-0.1, -0.05) is 0 Å². The second-order valence-electron chi connectivity index (χ2n) is 6.24. The Hall–Kier alpha value is -1.93. The highest BCUT2D eigenvalue weighted by molar-refractivity contribution is 5.89. The van der Waals surface area contributed by atoms with Gasteiger partial charge in [0.05, 0.1) is 6.10 Å². The first-order valence-corrected chi connectivity index (χ1v) is 7.36. The Morgan fingerprint density at radius 3 is 2.13 bits per heavy atom. The van der Waals surface area contributed by atoms with Gasteiger partial charge in [0.15, 0.2) is 0 Å². The number of carbonyl (C=O) groups is 3. The van der Waals surface area contributed by atoms with Gasteiger partial charge in [-0.05, 0) is 27.2 Å². The quantitative estimate of drug-likeness (QED) is 0.507. The molecule has 8 nitrogen and oxygen atoms in total. The van der Waals surface area contributed by atoms with E-state index in [-0.39, 0.29) is 11.4 Å². The molecular weight excluding hydrogens is 304 g/mol. The zero-order valence-electron chi connectivity index (χ0n) is 13.8. The minimum absolute atomic E-state index is 0.00992. The maximum Gasteiger partial charge on any atom is 0.328 e. The fraction of sp³-hybridized carbons (Fsp3) is 0.667. The van der Waals surface area contributed by atoms with E-state index in [2.05, 4.69) is 26.1 Å². The van der Waals surface area contributed by atoms with Crippen molar-refractivity contribution in [2.75, 3.05) is 19.6 Å². The summed E-state index contributed by atoms with van der Waals surface area (Å²) in [5.74, 6) is -2.34. The van der Waals surface area contributed by atoms with Gasteiger partial charge in [0.2, 0.25) is 5.91 Å². The molecule has 1 atom stereocenters. The van der Waals surface area contributed by atoms with Crippen LogP contribution in [0.15, 0.2) is 12.2 Å². The molecule has 132 valence electrons. The molecule has 0 aromatic rings. The highest BCUT2D eigenvalue weighted by Crippen LogP contribution is 2.10. The van der Waals surface area contributed by atoms with Gasteiger partial charge in [-0.3, -0.25) is 4.79 Å². The number of aliphatic hydroxyl groups is 1. The number of likely N-dealkylation sites (tertiary alicyclic amines) is 1. The molecule has 0 aliphatic carbocycles. The van der Waals surface area contributed by atoms with Crippen LogP contribution in [0.2, 0.25) is 0 Å². The van der Waals surface area contributed by atoms with E-state index in [4.69, 9.17) is 10.2 Å². The smallest absolute Gasteiger partial charge is 0.328 e. The normalized spacial score (nSPS) is 16.2. The first kappa shape index (κ1) is 21.1. The average Bonchev–Trinajstić information content (AvgIpc) is 2.80. The Morgan fingerprint density at radius 1 is 1.26 bits per heavy atom. The standard InChI is InChI=1S/C11H22N2O2.C4H4O4/c1-11(2,3)12-7-9(14)8-13-6-4-5-10(13)15;5-3(6)1-2-4(7)8/h9,12,14H,4-8H2,1-3H3;1-2H,(H,5,6)(H,7,8)/b;2-1+. The summed E-state index contributed by atoms with van der Waals surface area (Å²) < 4.78 is 0. The largest absolute Gasteiger partial charge is 0.478 e. The second-order valence-corrected chi connectivity index (χ2v) is 6.24. The molecule has 1 unspecified atom stereocenters. The molecule has 0 saturated carbocycles. The summed E-state index contributed by atoms with van der Waals surface area (Å²) in [4.78, 5) is 32.2. The monoisotopic (exact) mass is 330 g/mol. The van der Waals surface area contributed by atoms with E-state index in [9.17, 15) is 19.5 Å². The van der Waals surface area contributed by atoms with E-state index in [1.165, 1.54) is 0 Å². The zero-order valence-corrected chi connectivity index (χ0v) is 13.8. The molecule has 1 aliphatic heterocycles. The third-order valence-corrected chi connectivity index (χ3v) is 2.84. The van der Waals surface area contributed by atoms with Crippen LogP contribution in [0.5, 0.6) is 0 Å². The van der Waals surface area contributed by atoms with E-state index in [0.717, 1.165) is 13.0 Å². The zero-order chi connectivity index (χ0) is 18.0. The average molecular weight is 330 g/mol. The Kier molecular flexibility index (Phi) is 9.12. The minimum Gasteiger partial charge on any atom is -0.478 e. The molecular formula is C15H26N2O6. The summed E-state index contributed by atoms with van der Waals surface area (Å²) in [5.41, 5.74) is 0.00992. The van der Waals surface area contributed by atoms with E-state index in [1.807, 2.05) is 0 Å². The number of hydrogen-bond acceptors (Lipinski definition) is 5. The number of rotatable bonds is 6. The number of hydrogen-bond donors (Lipinski definition) is 4. The van der Waals surface area contributed by atoms with Gasteiger partial charge in [-0.25, -0.2) is 9.59 Å². The Morgan fingerprint density at radius 2 is 1.78 bits per heavy atom. The number of aliphatic carboxylic acids is 2.